The van der Waals surface area contributed by atoms with Gasteiger partial charge in [-0.15, -0.1) is 0 Å². The first-order valence-corrected chi connectivity index (χ1v) is 6.98. The van der Waals surface area contributed by atoms with Crippen LogP contribution in [0.5, 0.6) is 0 Å². The van der Waals surface area contributed by atoms with Crippen LogP contribution < -0.4 is 5.43 Å². The number of hydrogen-bond acceptors (Lipinski definition) is 2. The normalized spacial score (nSPS) is 13.2. The zero-order valence-corrected chi connectivity index (χ0v) is 11.6. The van der Waals surface area contributed by atoms with Gasteiger partial charge < -0.3 is 4.57 Å². The van der Waals surface area contributed by atoms with Crippen molar-refractivity contribution in [1.82, 2.24) is 9.99 Å². The summed E-state index contributed by atoms with van der Waals surface area (Å²) in [7, 11) is 0. The van der Waals surface area contributed by atoms with Crippen LogP contribution in [0.4, 0.5) is 0 Å². The predicted molar refractivity (Wildman–Crippen MR) is 87.2 cm³/mol. The maximum absolute atomic E-state index is 4.18. The smallest absolute Gasteiger partial charge is 0.0759 e. The molecule has 3 aromatic rings. The minimum absolute atomic E-state index is 0.825. The third kappa shape index (κ3) is 1.86. The van der Waals surface area contributed by atoms with Gasteiger partial charge in [-0.2, -0.15) is 5.10 Å². The van der Waals surface area contributed by atoms with Crippen molar-refractivity contribution in [1.29, 1.82) is 0 Å². The summed E-state index contributed by atoms with van der Waals surface area (Å²) in [4.78, 5) is 0. The number of benzene rings is 2. The largest absolute Gasteiger partial charge is 0.334 e. The summed E-state index contributed by atoms with van der Waals surface area (Å²) in [5.41, 5.74) is 8.58. The van der Waals surface area contributed by atoms with Crippen LogP contribution >= 0.6 is 0 Å². The quantitative estimate of drug-likeness (QED) is 0.759. The molecule has 0 amide bonds. The first-order valence-electron chi connectivity index (χ1n) is 6.98. The van der Waals surface area contributed by atoms with Crippen LogP contribution in [-0.4, -0.2) is 10.8 Å². The van der Waals surface area contributed by atoms with Crippen LogP contribution in [0.25, 0.3) is 16.6 Å². The number of aromatic nitrogens is 1. The van der Waals surface area contributed by atoms with E-state index in [0.717, 1.165) is 23.5 Å². The predicted octanol–water partition coefficient (Wildman–Crippen LogP) is 3.60. The van der Waals surface area contributed by atoms with Gasteiger partial charge in [-0.05, 0) is 11.6 Å². The van der Waals surface area contributed by atoms with Gasteiger partial charge in [0.05, 0.1) is 17.6 Å². The van der Waals surface area contributed by atoms with E-state index in [2.05, 4.69) is 70.2 Å². The Kier molecular flexibility index (Phi) is 2.64. The summed E-state index contributed by atoms with van der Waals surface area (Å²) in [6.07, 6.45) is 1.88. The Hall–Kier alpha value is -2.81. The van der Waals surface area contributed by atoms with Gasteiger partial charge in [0.2, 0.25) is 0 Å². The van der Waals surface area contributed by atoms with Gasteiger partial charge in [0, 0.05) is 23.0 Å². The van der Waals surface area contributed by atoms with Crippen molar-refractivity contribution >= 4 is 22.8 Å². The zero-order valence-electron chi connectivity index (χ0n) is 11.6. The summed E-state index contributed by atoms with van der Waals surface area (Å²) < 4.78 is 2.31. The molecule has 0 saturated carbocycles. The van der Waals surface area contributed by atoms with Crippen molar-refractivity contribution in [2.45, 2.75) is 6.54 Å². The molecule has 0 spiro atoms. The monoisotopic (exact) mass is 273 g/mol. The van der Waals surface area contributed by atoms with Gasteiger partial charge >= 0.3 is 0 Å². The maximum atomic E-state index is 4.18. The molecule has 0 radical (unpaired) electrons. The molecule has 1 aliphatic heterocycles. The Morgan fingerprint density at radius 2 is 1.76 bits per heavy atom. The summed E-state index contributed by atoms with van der Waals surface area (Å²) >= 11 is 0. The lowest BCUT2D eigenvalue weighted by molar-refractivity contribution is 0.806. The van der Waals surface area contributed by atoms with Gasteiger partial charge in [-0.25, -0.2) is 0 Å². The van der Waals surface area contributed by atoms with Gasteiger partial charge in [-0.3, -0.25) is 5.43 Å². The highest BCUT2D eigenvalue weighted by atomic mass is 15.3. The van der Waals surface area contributed by atoms with Crippen LogP contribution in [0.15, 0.2) is 66.3 Å². The number of rotatable bonds is 2. The van der Waals surface area contributed by atoms with Crippen molar-refractivity contribution in [2.75, 3.05) is 0 Å². The molecule has 0 fully saturated rings. The maximum Gasteiger partial charge on any atom is 0.0759 e. The highest BCUT2D eigenvalue weighted by molar-refractivity contribution is 6.05. The molecule has 1 aromatic heterocycles. The van der Waals surface area contributed by atoms with Gasteiger partial charge in [-0.1, -0.05) is 55.1 Å². The third-order valence-electron chi connectivity index (χ3n) is 3.87. The third-order valence-corrected chi connectivity index (χ3v) is 3.87. The molecular formula is C18H15N3. The second-order valence-corrected chi connectivity index (χ2v) is 5.20. The van der Waals surface area contributed by atoms with E-state index in [4.69, 9.17) is 0 Å². The van der Waals surface area contributed by atoms with Gasteiger partial charge in [0.1, 0.15) is 0 Å². The van der Waals surface area contributed by atoms with Crippen molar-refractivity contribution in [3.05, 3.63) is 78.0 Å². The summed E-state index contributed by atoms with van der Waals surface area (Å²) in [6.45, 7) is 4.93. The molecule has 1 N–H and O–H groups in total. The van der Waals surface area contributed by atoms with E-state index in [9.17, 15) is 0 Å². The lowest BCUT2D eigenvalue weighted by atomic mass is 10.1. The van der Waals surface area contributed by atoms with Crippen molar-refractivity contribution in [3.63, 3.8) is 0 Å². The second-order valence-electron chi connectivity index (χ2n) is 5.20. The van der Waals surface area contributed by atoms with Gasteiger partial charge in [0.25, 0.3) is 0 Å². The van der Waals surface area contributed by atoms with Crippen LogP contribution in [-0.2, 0) is 6.54 Å². The topological polar surface area (TPSA) is 29.3 Å². The fraction of sp³-hybridized carbons (Fsp3) is 0.0556. The fourth-order valence-corrected chi connectivity index (χ4v) is 2.94. The minimum Gasteiger partial charge on any atom is -0.334 e. The molecule has 0 unspecified atom stereocenters. The first-order chi connectivity index (χ1) is 10.3. The Labute approximate surface area is 123 Å². The molecule has 1 aliphatic rings. The van der Waals surface area contributed by atoms with E-state index >= 15 is 0 Å². The van der Waals surface area contributed by atoms with Crippen molar-refractivity contribution in [2.24, 2.45) is 5.10 Å². The summed E-state index contributed by atoms with van der Waals surface area (Å²) in [6, 6.07) is 18.9. The molecule has 2 heterocycles. The number of para-hydroxylation sites is 1. The Morgan fingerprint density at radius 1 is 1.00 bits per heavy atom. The number of nitrogens with zero attached hydrogens (tertiary/aromatic N) is 2. The number of hydrazone groups is 1. The Balaban J connectivity index is 1.97. The lowest BCUT2D eigenvalue weighted by Gasteiger charge is -2.15. The average molecular weight is 273 g/mol. The van der Waals surface area contributed by atoms with Crippen molar-refractivity contribution in [3.8, 4) is 0 Å². The summed E-state index contributed by atoms with van der Waals surface area (Å²) in [5, 5.41) is 5.40. The standard InChI is InChI=1S/C18H15N3/c1-13-18-16(11-19-20-13)15-9-5-6-10-17(15)21(18)12-14-7-3-2-4-8-14/h2-11,20H,1,12H2. The van der Waals surface area contributed by atoms with E-state index < -0.39 is 0 Å². The van der Waals surface area contributed by atoms with E-state index in [1.165, 1.54) is 16.5 Å². The van der Waals surface area contributed by atoms with Crippen LogP contribution in [0.3, 0.4) is 0 Å². The van der Waals surface area contributed by atoms with E-state index in [1.807, 2.05) is 12.3 Å². The molecule has 0 bridgehead atoms. The molecule has 0 aliphatic carbocycles. The SMILES string of the molecule is C=C1NN=Cc2c1n(Cc1ccccc1)c1ccccc21. The number of fused-ring (bicyclic) bond motifs is 3. The molecule has 0 saturated heterocycles. The lowest BCUT2D eigenvalue weighted by Crippen LogP contribution is -2.15. The van der Waals surface area contributed by atoms with Gasteiger partial charge in [0.15, 0.2) is 0 Å². The molecule has 3 heteroatoms. The number of hydrogen-bond donors (Lipinski definition) is 1. The van der Waals surface area contributed by atoms with E-state index in [-0.39, 0.29) is 0 Å². The summed E-state index contributed by atoms with van der Waals surface area (Å²) in [5.74, 6) is 0. The number of nitrogens with one attached hydrogen (secondary N) is 1. The first kappa shape index (κ1) is 12.0. The highest BCUT2D eigenvalue weighted by Gasteiger charge is 2.20. The van der Waals surface area contributed by atoms with Crippen LogP contribution in [0.2, 0.25) is 0 Å². The average Bonchev–Trinajstić information content (AvgIpc) is 2.84. The molecule has 0 atom stereocenters. The van der Waals surface area contributed by atoms with Crippen molar-refractivity contribution < 1.29 is 0 Å². The molecule has 102 valence electrons. The Bertz CT molecular complexity index is 857. The Morgan fingerprint density at radius 3 is 2.62 bits per heavy atom. The highest BCUT2D eigenvalue weighted by Crippen LogP contribution is 2.30. The van der Waals surface area contributed by atoms with E-state index in [1.54, 1.807) is 0 Å². The molecule has 2 aromatic carbocycles. The fourth-order valence-electron chi connectivity index (χ4n) is 2.94. The minimum atomic E-state index is 0.825. The molecule has 21 heavy (non-hydrogen) atoms. The second kappa shape index (κ2) is 4.63. The van der Waals surface area contributed by atoms with Crippen LogP contribution in [0.1, 0.15) is 16.8 Å². The molecular weight excluding hydrogens is 258 g/mol. The molecule has 3 nitrogen and oxygen atoms in total. The van der Waals surface area contributed by atoms with Crippen LogP contribution in [0, 0.1) is 0 Å². The van der Waals surface area contributed by atoms with E-state index in [0.29, 0.717) is 0 Å². The molecule has 4 rings (SSSR count). The zero-order chi connectivity index (χ0) is 14.2.